The van der Waals surface area contributed by atoms with Crippen LogP contribution >= 0.6 is 0 Å². The molecule has 0 fully saturated rings. The number of hydrogen-bond donors (Lipinski definition) is 1. The van der Waals surface area contributed by atoms with Crippen molar-refractivity contribution in [3.8, 4) is 17.6 Å². The van der Waals surface area contributed by atoms with Crippen LogP contribution in [0.1, 0.15) is 11.7 Å². The molecule has 0 bridgehead atoms. The highest BCUT2D eigenvalue weighted by atomic mass is 16.6. The van der Waals surface area contributed by atoms with Crippen molar-refractivity contribution in [3.05, 3.63) is 29.8 Å². The molecule has 0 saturated carbocycles. The van der Waals surface area contributed by atoms with Crippen LogP contribution < -0.4 is 4.74 Å². The maximum Gasteiger partial charge on any atom is 0.384 e. The second-order valence-electron chi connectivity index (χ2n) is 4.19. The van der Waals surface area contributed by atoms with Gasteiger partial charge in [0.1, 0.15) is 18.5 Å². The fourth-order valence-electron chi connectivity index (χ4n) is 1.47. The predicted octanol–water partition coefficient (Wildman–Crippen LogP) is 0.938. The number of ether oxygens (including phenoxy) is 4. The number of aliphatic hydroxyl groups excluding tert-OH is 1. The molecule has 0 aliphatic carbocycles. The molecule has 120 valence electrons. The fraction of sp³-hybridized carbons (Fsp3) is 0.438. The van der Waals surface area contributed by atoms with Crippen molar-refractivity contribution in [3.63, 3.8) is 0 Å². The summed E-state index contributed by atoms with van der Waals surface area (Å²) in [6.45, 7) is 1.31. The Morgan fingerprint density at radius 3 is 2.45 bits per heavy atom. The smallest absolute Gasteiger partial charge is 0.384 e. The molecule has 0 heterocycles. The van der Waals surface area contributed by atoms with Crippen LogP contribution in [-0.2, 0) is 19.0 Å². The van der Waals surface area contributed by atoms with Crippen molar-refractivity contribution >= 4 is 5.97 Å². The summed E-state index contributed by atoms with van der Waals surface area (Å²) in [6.07, 6.45) is -1.06. The summed E-state index contributed by atoms with van der Waals surface area (Å²) < 4.78 is 19.8. The molecular weight excluding hydrogens is 288 g/mol. The van der Waals surface area contributed by atoms with Gasteiger partial charge in [-0.05, 0) is 17.7 Å². The van der Waals surface area contributed by atoms with Gasteiger partial charge in [0.2, 0.25) is 0 Å². The Morgan fingerprint density at radius 1 is 1.14 bits per heavy atom. The van der Waals surface area contributed by atoms with E-state index < -0.39 is 12.1 Å². The van der Waals surface area contributed by atoms with Crippen LogP contribution in [0.4, 0.5) is 0 Å². The highest BCUT2D eigenvalue weighted by molar-refractivity contribution is 5.88. The maximum atomic E-state index is 11.4. The first kappa shape index (κ1) is 18.0. The standard InChI is InChI=1S/C16H20O6/c1-19-9-10-21-11-12-22-16(18)8-7-15(17)13-3-5-14(20-2)6-4-13/h3-6,15,17H,9-12H2,1-2H3. The summed E-state index contributed by atoms with van der Waals surface area (Å²) in [5.74, 6) is 4.64. The molecular formula is C16H20O6. The fourth-order valence-corrected chi connectivity index (χ4v) is 1.47. The third kappa shape index (κ3) is 7.09. The lowest BCUT2D eigenvalue weighted by atomic mass is 10.1. The third-order valence-corrected chi connectivity index (χ3v) is 2.64. The normalized spacial score (nSPS) is 11.2. The monoisotopic (exact) mass is 308 g/mol. The van der Waals surface area contributed by atoms with Crippen molar-refractivity contribution in [2.75, 3.05) is 40.6 Å². The van der Waals surface area contributed by atoms with Crippen LogP contribution in [0.3, 0.4) is 0 Å². The molecule has 1 N–H and O–H groups in total. The lowest BCUT2D eigenvalue weighted by molar-refractivity contribution is -0.138. The molecule has 1 aromatic rings. The van der Waals surface area contributed by atoms with Gasteiger partial charge in [0.05, 0.1) is 26.9 Å². The van der Waals surface area contributed by atoms with Gasteiger partial charge in [-0.25, -0.2) is 4.79 Å². The van der Waals surface area contributed by atoms with E-state index in [1.54, 1.807) is 38.5 Å². The van der Waals surface area contributed by atoms with Gasteiger partial charge in [0, 0.05) is 13.0 Å². The summed E-state index contributed by atoms with van der Waals surface area (Å²) in [5, 5.41) is 9.84. The van der Waals surface area contributed by atoms with Gasteiger partial charge in [-0.3, -0.25) is 0 Å². The molecule has 1 unspecified atom stereocenters. The average Bonchev–Trinajstić information content (AvgIpc) is 2.56. The summed E-state index contributed by atoms with van der Waals surface area (Å²) in [6, 6.07) is 6.76. The van der Waals surface area contributed by atoms with E-state index in [4.69, 9.17) is 18.9 Å². The first-order valence-corrected chi connectivity index (χ1v) is 6.74. The van der Waals surface area contributed by atoms with E-state index in [1.165, 1.54) is 0 Å². The van der Waals surface area contributed by atoms with E-state index >= 15 is 0 Å². The van der Waals surface area contributed by atoms with Gasteiger partial charge in [-0.15, -0.1) is 0 Å². The average molecular weight is 308 g/mol. The minimum absolute atomic E-state index is 0.107. The van der Waals surface area contributed by atoms with Crippen molar-refractivity contribution in [2.45, 2.75) is 6.10 Å². The zero-order valence-electron chi connectivity index (χ0n) is 12.7. The number of carbonyl (C=O) groups is 1. The van der Waals surface area contributed by atoms with E-state index in [0.29, 0.717) is 24.5 Å². The van der Waals surface area contributed by atoms with Crippen LogP contribution in [0.25, 0.3) is 0 Å². The molecule has 0 radical (unpaired) electrons. The first-order chi connectivity index (χ1) is 10.7. The van der Waals surface area contributed by atoms with Crippen molar-refractivity contribution < 1.29 is 28.8 Å². The lowest BCUT2D eigenvalue weighted by Gasteiger charge is -2.05. The number of methoxy groups -OCH3 is 2. The van der Waals surface area contributed by atoms with Crippen LogP contribution in [0.5, 0.6) is 5.75 Å². The number of esters is 1. The van der Waals surface area contributed by atoms with Crippen LogP contribution in [0.15, 0.2) is 24.3 Å². The molecule has 0 saturated heterocycles. The Morgan fingerprint density at radius 2 is 1.82 bits per heavy atom. The van der Waals surface area contributed by atoms with Crippen molar-refractivity contribution in [2.24, 2.45) is 0 Å². The number of benzene rings is 1. The lowest BCUT2D eigenvalue weighted by Crippen LogP contribution is -2.11. The Hall–Kier alpha value is -2.07. The number of hydrogen-bond acceptors (Lipinski definition) is 6. The highest BCUT2D eigenvalue weighted by Gasteiger charge is 2.04. The molecule has 6 nitrogen and oxygen atoms in total. The Labute approximate surface area is 129 Å². The molecule has 6 heteroatoms. The molecule has 0 aliphatic rings. The topological polar surface area (TPSA) is 74.2 Å². The van der Waals surface area contributed by atoms with E-state index in [-0.39, 0.29) is 13.2 Å². The van der Waals surface area contributed by atoms with Crippen LogP contribution in [0, 0.1) is 11.8 Å². The van der Waals surface area contributed by atoms with Crippen molar-refractivity contribution in [1.29, 1.82) is 0 Å². The molecule has 1 aromatic carbocycles. The first-order valence-electron chi connectivity index (χ1n) is 6.74. The molecule has 0 aromatic heterocycles. The zero-order valence-corrected chi connectivity index (χ0v) is 12.7. The van der Waals surface area contributed by atoms with Gasteiger partial charge in [0.15, 0.2) is 0 Å². The molecule has 0 spiro atoms. The van der Waals surface area contributed by atoms with Gasteiger partial charge in [-0.1, -0.05) is 18.1 Å². The van der Waals surface area contributed by atoms with E-state index in [1.807, 2.05) is 0 Å². The maximum absolute atomic E-state index is 11.4. The van der Waals surface area contributed by atoms with Gasteiger partial charge in [-0.2, -0.15) is 0 Å². The van der Waals surface area contributed by atoms with Gasteiger partial charge >= 0.3 is 5.97 Å². The van der Waals surface area contributed by atoms with E-state index in [9.17, 15) is 9.90 Å². The minimum atomic E-state index is -1.06. The van der Waals surface area contributed by atoms with Crippen LogP contribution in [-0.4, -0.2) is 51.7 Å². The molecule has 22 heavy (non-hydrogen) atoms. The van der Waals surface area contributed by atoms with Gasteiger partial charge in [0.25, 0.3) is 0 Å². The van der Waals surface area contributed by atoms with Crippen LogP contribution in [0.2, 0.25) is 0 Å². The number of carbonyl (C=O) groups excluding carboxylic acids is 1. The number of aliphatic hydroxyl groups is 1. The number of rotatable bonds is 8. The summed E-state index contributed by atoms with van der Waals surface area (Å²) in [5.41, 5.74) is 0.573. The third-order valence-electron chi connectivity index (χ3n) is 2.64. The molecule has 0 aliphatic heterocycles. The second kappa shape index (κ2) is 10.6. The SMILES string of the molecule is COCCOCCOC(=O)C#CC(O)c1ccc(OC)cc1. The second-order valence-corrected chi connectivity index (χ2v) is 4.19. The molecule has 1 rings (SSSR count). The summed E-state index contributed by atoms with van der Waals surface area (Å²) >= 11 is 0. The quantitative estimate of drug-likeness (QED) is 0.333. The highest BCUT2D eigenvalue weighted by Crippen LogP contribution is 2.16. The minimum Gasteiger partial charge on any atom is -0.497 e. The van der Waals surface area contributed by atoms with E-state index in [2.05, 4.69) is 11.8 Å². The Bertz CT molecular complexity index is 500. The molecule has 1 atom stereocenters. The largest absolute Gasteiger partial charge is 0.497 e. The van der Waals surface area contributed by atoms with Gasteiger partial charge < -0.3 is 24.1 Å². The zero-order chi connectivity index (χ0) is 16.2. The van der Waals surface area contributed by atoms with E-state index in [0.717, 1.165) is 0 Å². The Kier molecular flexibility index (Phi) is 8.69. The van der Waals surface area contributed by atoms with Crippen molar-refractivity contribution in [1.82, 2.24) is 0 Å². The Balaban J connectivity index is 2.32. The predicted molar refractivity (Wildman–Crippen MR) is 79.4 cm³/mol. The summed E-state index contributed by atoms with van der Waals surface area (Å²) in [4.78, 5) is 11.4. The molecule has 0 amide bonds. The summed E-state index contributed by atoms with van der Waals surface area (Å²) in [7, 11) is 3.13.